The van der Waals surface area contributed by atoms with Gasteiger partial charge in [-0.1, -0.05) is 28.1 Å². The summed E-state index contributed by atoms with van der Waals surface area (Å²) in [6, 6.07) is 7.49. The molecule has 100 valence electrons. The summed E-state index contributed by atoms with van der Waals surface area (Å²) in [6.07, 6.45) is -3.36. The van der Waals surface area contributed by atoms with Crippen molar-refractivity contribution in [3.63, 3.8) is 0 Å². The number of hydrogen-bond acceptors (Lipinski definition) is 2. The molecule has 0 spiro atoms. The Labute approximate surface area is 115 Å². The third-order valence-corrected chi connectivity index (χ3v) is 2.88. The van der Waals surface area contributed by atoms with Crippen LogP contribution < -0.4 is 0 Å². The first-order valence-corrected chi connectivity index (χ1v) is 6.05. The second kappa shape index (κ2) is 5.16. The van der Waals surface area contributed by atoms with Crippen LogP contribution in [0.15, 0.2) is 41.0 Å². The van der Waals surface area contributed by atoms with E-state index in [1.165, 1.54) is 0 Å². The molecule has 0 atom stereocenters. The molecule has 1 heterocycles. The van der Waals surface area contributed by atoms with Gasteiger partial charge in [-0.2, -0.15) is 18.3 Å². The van der Waals surface area contributed by atoms with Crippen molar-refractivity contribution in [1.29, 1.82) is 0 Å². The Hall–Kier alpha value is -1.63. The summed E-state index contributed by atoms with van der Waals surface area (Å²) in [6.45, 7) is -0.230. The summed E-state index contributed by atoms with van der Waals surface area (Å²) in [7, 11) is 0. The second-order valence-electron chi connectivity index (χ2n) is 3.83. The Kier molecular flexibility index (Phi) is 3.75. The Morgan fingerprint density at radius 1 is 1.32 bits per heavy atom. The van der Waals surface area contributed by atoms with Crippen molar-refractivity contribution in [3.05, 3.63) is 52.3 Å². The van der Waals surface area contributed by atoms with Crippen LogP contribution in [-0.2, 0) is 12.7 Å². The number of ketones is 1. The van der Waals surface area contributed by atoms with E-state index in [0.717, 1.165) is 21.4 Å². The molecule has 0 aliphatic carbocycles. The van der Waals surface area contributed by atoms with Gasteiger partial charge in [-0.25, -0.2) is 0 Å². The topological polar surface area (TPSA) is 34.9 Å². The van der Waals surface area contributed by atoms with Crippen molar-refractivity contribution in [2.75, 3.05) is 0 Å². The van der Waals surface area contributed by atoms with Crippen molar-refractivity contribution in [2.24, 2.45) is 0 Å². The molecule has 0 unspecified atom stereocenters. The van der Waals surface area contributed by atoms with Crippen LogP contribution in [-0.4, -0.2) is 15.6 Å². The largest absolute Gasteiger partial charge is 0.435 e. The molecule has 19 heavy (non-hydrogen) atoms. The number of carbonyl (C=O) groups is 1. The molecular formula is C12H8BrF3N2O. The van der Waals surface area contributed by atoms with Gasteiger partial charge in [-0.15, -0.1) is 0 Å². The van der Waals surface area contributed by atoms with E-state index in [1.807, 2.05) is 0 Å². The number of carbonyl (C=O) groups excluding carboxylic acids is 1. The smallest absolute Gasteiger partial charge is 0.292 e. The number of halogens is 4. The summed E-state index contributed by atoms with van der Waals surface area (Å²) in [5.41, 5.74) is -0.590. The maximum atomic E-state index is 12.3. The van der Waals surface area contributed by atoms with E-state index in [2.05, 4.69) is 21.0 Å². The molecular weight excluding hydrogens is 325 g/mol. The molecule has 7 heteroatoms. The number of Topliss-reactive ketones (excluding diaryl/α,β-unsaturated/α-hetero) is 1. The van der Waals surface area contributed by atoms with E-state index in [1.54, 1.807) is 24.3 Å². The Balaban J connectivity index is 2.13. The quantitative estimate of drug-likeness (QED) is 0.806. The Bertz CT molecular complexity index is 607. The number of aromatic nitrogens is 2. The van der Waals surface area contributed by atoms with Crippen LogP contribution >= 0.6 is 15.9 Å². The lowest BCUT2D eigenvalue weighted by Crippen LogP contribution is -2.13. The molecule has 0 bridgehead atoms. The van der Waals surface area contributed by atoms with Crippen LogP contribution in [0.1, 0.15) is 16.1 Å². The first kappa shape index (κ1) is 13.8. The van der Waals surface area contributed by atoms with Crippen molar-refractivity contribution in [3.8, 4) is 0 Å². The van der Waals surface area contributed by atoms with Crippen LogP contribution in [0.3, 0.4) is 0 Å². The van der Waals surface area contributed by atoms with Gasteiger partial charge in [-0.3, -0.25) is 9.48 Å². The summed E-state index contributed by atoms with van der Waals surface area (Å²) in [4.78, 5) is 11.9. The summed E-state index contributed by atoms with van der Waals surface area (Å²) >= 11 is 3.22. The lowest BCUT2D eigenvalue weighted by Gasteiger charge is -2.03. The fourth-order valence-corrected chi connectivity index (χ4v) is 1.90. The summed E-state index contributed by atoms with van der Waals surface area (Å²) in [5.74, 6) is -0.307. The van der Waals surface area contributed by atoms with Gasteiger partial charge in [-0.05, 0) is 18.2 Å². The molecule has 2 rings (SSSR count). The van der Waals surface area contributed by atoms with Crippen molar-refractivity contribution in [2.45, 2.75) is 12.7 Å². The average Bonchev–Trinajstić information content (AvgIpc) is 2.77. The highest BCUT2D eigenvalue weighted by Crippen LogP contribution is 2.27. The lowest BCUT2D eigenvalue weighted by molar-refractivity contribution is -0.141. The van der Waals surface area contributed by atoms with Crippen LogP contribution in [0.2, 0.25) is 0 Å². The molecule has 0 saturated heterocycles. The molecule has 0 aliphatic heterocycles. The van der Waals surface area contributed by atoms with Gasteiger partial charge in [0.25, 0.3) is 0 Å². The van der Waals surface area contributed by atoms with Crippen LogP contribution in [0, 0.1) is 0 Å². The highest BCUT2D eigenvalue weighted by Gasteiger charge is 2.33. The summed E-state index contributed by atoms with van der Waals surface area (Å²) in [5, 5.41) is 3.33. The average molecular weight is 333 g/mol. The van der Waals surface area contributed by atoms with Crippen molar-refractivity contribution in [1.82, 2.24) is 9.78 Å². The maximum Gasteiger partial charge on any atom is 0.435 e. The lowest BCUT2D eigenvalue weighted by atomic mass is 10.1. The van der Waals surface area contributed by atoms with E-state index in [4.69, 9.17) is 0 Å². The first-order chi connectivity index (χ1) is 8.86. The SMILES string of the molecule is O=C(Cn1ccc(C(F)(F)F)n1)c1cccc(Br)c1. The molecule has 0 fully saturated rings. The predicted molar refractivity (Wildman–Crippen MR) is 65.7 cm³/mol. The number of hydrogen-bond donors (Lipinski definition) is 0. The standard InChI is InChI=1S/C12H8BrF3N2O/c13-9-3-1-2-8(6-9)10(19)7-18-5-4-11(17-18)12(14,15)16/h1-6H,7H2. The molecule has 3 nitrogen and oxygen atoms in total. The highest BCUT2D eigenvalue weighted by molar-refractivity contribution is 9.10. The maximum absolute atomic E-state index is 12.3. The van der Waals surface area contributed by atoms with Crippen LogP contribution in [0.5, 0.6) is 0 Å². The van der Waals surface area contributed by atoms with Gasteiger partial charge in [0, 0.05) is 16.2 Å². The number of rotatable bonds is 3. The zero-order chi connectivity index (χ0) is 14.0. The van der Waals surface area contributed by atoms with E-state index in [-0.39, 0.29) is 12.3 Å². The van der Waals surface area contributed by atoms with E-state index >= 15 is 0 Å². The molecule has 1 aromatic carbocycles. The van der Waals surface area contributed by atoms with Crippen molar-refractivity contribution >= 4 is 21.7 Å². The molecule has 1 aromatic heterocycles. The third kappa shape index (κ3) is 3.44. The van der Waals surface area contributed by atoms with Gasteiger partial charge in [0.05, 0.1) is 0 Å². The molecule has 0 radical (unpaired) electrons. The molecule has 0 N–H and O–H groups in total. The minimum atomic E-state index is -4.50. The summed E-state index contributed by atoms with van der Waals surface area (Å²) < 4.78 is 38.8. The van der Waals surface area contributed by atoms with Crippen LogP contribution in [0.4, 0.5) is 13.2 Å². The second-order valence-corrected chi connectivity index (χ2v) is 4.75. The fraction of sp³-hybridized carbons (Fsp3) is 0.167. The van der Waals surface area contributed by atoms with Crippen molar-refractivity contribution < 1.29 is 18.0 Å². The molecule has 0 saturated carbocycles. The van der Waals surface area contributed by atoms with Gasteiger partial charge >= 0.3 is 6.18 Å². The van der Waals surface area contributed by atoms with E-state index in [9.17, 15) is 18.0 Å². The first-order valence-electron chi connectivity index (χ1n) is 5.26. The fourth-order valence-electron chi connectivity index (χ4n) is 1.50. The van der Waals surface area contributed by atoms with E-state index in [0.29, 0.717) is 5.56 Å². The van der Waals surface area contributed by atoms with Gasteiger partial charge < -0.3 is 0 Å². The van der Waals surface area contributed by atoms with Gasteiger partial charge in [0.1, 0.15) is 6.54 Å². The normalized spacial score (nSPS) is 11.6. The third-order valence-electron chi connectivity index (χ3n) is 2.38. The van der Waals surface area contributed by atoms with Crippen LogP contribution in [0.25, 0.3) is 0 Å². The predicted octanol–water partition coefficient (Wildman–Crippen LogP) is 3.55. The molecule has 2 aromatic rings. The number of alkyl halides is 3. The molecule has 0 aliphatic rings. The Morgan fingerprint density at radius 3 is 2.63 bits per heavy atom. The number of nitrogens with zero attached hydrogens (tertiary/aromatic N) is 2. The Morgan fingerprint density at radius 2 is 2.05 bits per heavy atom. The van der Waals surface area contributed by atoms with Gasteiger partial charge in [0.2, 0.25) is 0 Å². The van der Waals surface area contributed by atoms with Gasteiger partial charge in [0.15, 0.2) is 11.5 Å². The highest BCUT2D eigenvalue weighted by atomic mass is 79.9. The zero-order valence-electron chi connectivity index (χ0n) is 9.49. The number of benzene rings is 1. The minimum Gasteiger partial charge on any atom is -0.292 e. The zero-order valence-corrected chi connectivity index (χ0v) is 11.1. The molecule has 0 amide bonds. The monoisotopic (exact) mass is 332 g/mol. The van der Waals surface area contributed by atoms with E-state index < -0.39 is 11.9 Å². The minimum absolute atomic E-state index is 0.230.